The summed E-state index contributed by atoms with van der Waals surface area (Å²) < 4.78 is 18.1. The fraction of sp³-hybridized carbons (Fsp3) is 0.176. The van der Waals surface area contributed by atoms with E-state index in [0.717, 1.165) is 5.56 Å². The Morgan fingerprint density at radius 1 is 1.18 bits per heavy atom. The number of benzene rings is 2. The molecule has 0 radical (unpaired) electrons. The first-order chi connectivity index (χ1) is 10.5. The minimum Gasteiger partial charge on any atom is -0.484 e. The molecule has 0 aromatic heterocycles. The van der Waals surface area contributed by atoms with Crippen molar-refractivity contribution in [1.29, 1.82) is 0 Å². The van der Waals surface area contributed by atoms with Crippen molar-refractivity contribution in [3.05, 3.63) is 65.0 Å². The number of hydrogen-bond donors (Lipinski definition) is 1. The Balaban J connectivity index is 1.80. The molecule has 0 aliphatic rings. The third-order valence-corrected chi connectivity index (χ3v) is 3.12. The summed E-state index contributed by atoms with van der Waals surface area (Å²) in [6.07, 6.45) is 1.44. The normalized spacial score (nSPS) is 10.7. The summed E-state index contributed by atoms with van der Waals surface area (Å²) >= 11 is 0. The first-order valence-corrected chi connectivity index (χ1v) is 6.82. The molecule has 2 rings (SSSR count). The molecule has 0 spiro atoms. The van der Waals surface area contributed by atoms with Gasteiger partial charge in [0.05, 0.1) is 6.21 Å². The summed E-state index contributed by atoms with van der Waals surface area (Å²) in [5.41, 5.74) is 5.32. The summed E-state index contributed by atoms with van der Waals surface area (Å²) in [5, 5.41) is 3.79. The van der Waals surface area contributed by atoms with Crippen molar-refractivity contribution < 1.29 is 13.9 Å². The van der Waals surface area contributed by atoms with Gasteiger partial charge >= 0.3 is 0 Å². The van der Waals surface area contributed by atoms with E-state index in [1.807, 2.05) is 32.0 Å². The molecule has 114 valence electrons. The van der Waals surface area contributed by atoms with E-state index in [1.165, 1.54) is 23.9 Å². The van der Waals surface area contributed by atoms with Gasteiger partial charge in [-0.2, -0.15) is 5.10 Å². The van der Waals surface area contributed by atoms with Crippen molar-refractivity contribution in [1.82, 2.24) is 5.43 Å². The fourth-order valence-electron chi connectivity index (χ4n) is 1.71. The number of carbonyl (C=O) groups excluding carboxylic acids is 1. The van der Waals surface area contributed by atoms with Crippen LogP contribution in [0.1, 0.15) is 16.7 Å². The van der Waals surface area contributed by atoms with E-state index in [2.05, 4.69) is 10.5 Å². The Hall–Kier alpha value is -2.69. The molecule has 5 heteroatoms. The predicted molar refractivity (Wildman–Crippen MR) is 83.5 cm³/mol. The number of carbonyl (C=O) groups is 1. The largest absolute Gasteiger partial charge is 0.484 e. The Morgan fingerprint density at radius 3 is 2.59 bits per heavy atom. The lowest BCUT2D eigenvalue weighted by atomic mass is 10.1. The minimum absolute atomic E-state index is 0.122. The number of amides is 1. The first-order valence-electron chi connectivity index (χ1n) is 6.82. The molecular weight excluding hydrogens is 283 g/mol. The van der Waals surface area contributed by atoms with Gasteiger partial charge in [0.2, 0.25) is 0 Å². The maximum atomic E-state index is 12.7. The molecule has 0 atom stereocenters. The number of halogens is 1. The molecule has 0 heterocycles. The van der Waals surface area contributed by atoms with Crippen LogP contribution in [0.25, 0.3) is 0 Å². The highest BCUT2D eigenvalue weighted by atomic mass is 19.1. The van der Waals surface area contributed by atoms with Gasteiger partial charge < -0.3 is 4.74 Å². The molecular formula is C17H17FN2O2. The van der Waals surface area contributed by atoms with Crippen molar-refractivity contribution in [3.63, 3.8) is 0 Å². The maximum absolute atomic E-state index is 12.7. The van der Waals surface area contributed by atoms with Crippen LogP contribution in [0.15, 0.2) is 47.6 Å². The van der Waals surface area contributed by atoms with Gasteiger partial charge in [0.15, 0.2) is 6.61 Å². The predicted octanol–water partition coefficient (Wildman–Crippen LogP) is 2.97. The van der Waals surface area contributed by atoms with E-state index < -0.39 is 0 Å². The van der Waals surface area contributed by atoms with Crippen LogP contribution < -0.4 is 10.2 Å². The van der Waals surface area contributed by atoms with Gasteiger partial charge in [0.1, 0.15) is 11.6 Å². The van der Waals surface area contributed by atoms with Crippen LogP contribution in [0, 0.1) is 19.7 Å². The quantitative estimate of drug-likeness (QED) is 0.682. The third-order valence-electron chi connectivity index (χ3n) is 3.12. The standard InChI is InChI=1S/C17H17FN2O2/c1-12-3-8-16(9-13(12)2)22-11-17(21)20-19-10-14-4-6-15(18)7-5-14/h3-10H,11H2,1-2H3,(H,20,21)/b19-10-. The second-order valence-electron chi connectivity index (χ2n) is 4.88. The summed E-state index contributed by atoms with van der Waals surface area (Å²) in [4.78, 5) is 11.6. The van der Waals surface area contributed by atoms with Crippen molar-refractivity contribution in [2.45, 2.75) is 13.8 Å². The van der Waals surface area contributed by atoms with Crippen molar-refractivity contribution in [3.8, 4) is 5.75 Å². The second-order valence-corrected chi connectivity index (χ2v) is 4.88. The van der Waals surface area contributed by atoms with Crippen LogP contribution in [0.2, 0.25) is 0 Å². The van der Waals surface area contributed by atoms with Gasteiger partial charge in [0.25, 0.3) is 5.91 Å². The van der Waals surface area contributed by atoms with E-state index in [-0.39, 0.29) is 18.3 Å². The van der Waals surface area contributed by atoms with Crippen LogP contribution in [0.3, 0.4) is 0 Å². The van der Waals surface area contributed by atoms with Crippen molar-refractivity contribution in [2.24, 2.45) is 5.10 Å². The van der Waals surface area contributed by atoms with Gasteiger partial charge in [-0.3, -0.25) is 4.79 Å². The number of hydrogen-bond acceptors (Lipinski definition) is 3. The van der Waals surface area contributed by atoms with Crippen LogP contribution in [0.4, 0.5) is 4.39 Å². The lowest BCUT2D eigenvalue weighted by molar-refractivity contribution is -0.123. The zero-order valence-electron chi connectivity index (χ0n) is 12.5. The SMILES string of the molecule is Cc1ccc(OCC(=O)N/N=C\c2ccc(F)cc2)cc1C. The van der Waals surface area contributed by atoms with Gasteiger partial charge in [-0.05, 0) is 54.8 Å². The number of aryl methyl sites for hydroxylation is 2. The maximum Gasteiger partial charge on any atom is 0.277 e. The molecule has 4 nitrogen and oxygen atoms in total. The summed E-state index contributed by atoms with van der Waals surface area (Å²) in [7, 11) is 0. The van der Waals surface area contributed by atoms with Gasteiger partial charge in [-0.15, -0.1) is 0 Å². The monoisotopic (exact) mass is 300 g/mol. The number of hydrazone groups is 1. The van der Waals surface area contributed by atoms with Crippen LogP contribution in [0.5, 0.6) is 5.75 Å². The van der Waals surface area contributed by atoms with E-state index in [9.17, 15) is 9.18 Å². The Kier molecular flexibility index (Phi) is 5.25. The second kappa shape index (κ2) is 7.36. The first kappa shape index (κ1) is 15.7. The molecule has 1 amide bonds. The number of nitrogens with one attached hydrogen (secondary N) is 1. The molecule has 0 saturated heterocycles. The lowest BCUT2D eigenvalue weighted by Gasteiger charge is -2.07. The fourth-order valence-corrected chi connectivity index (χ4v) is 1.71. The lowest BCUT2D eigenvalue weighted by Crippen LogP contribution is -2.24. The van der Waals surface area contributed by atoms with E-state index in [1.54, 1.807) is 12.1 Å². The van der Waals surface area contributed by atoms with E-state index in [4.69, 9.17) is 4.74 Å². The molecule has 0 bridgehead atoms. The van der Waals surface area contributed by atoms with Crippen molar-refractivity contribution in [2.75, 3.05) is 6.61 Å². The molecule has 1 N–H and O–H groups in total. The van der Waals surface area contributed by atoms with Gasteiger partial charge in [-0.1, -0.05) is 18.2 Å². The zero-order chi connectivity index (χ0) is 15.9. The highest BCUT2D eigenvalue weighted by Gasteiger charge is 2.02. The van der Waals surface area contributed by atoms with E-state index >= 15 is 0 Å². The number of nitrogens with zero attached hydrogens (tertiary/aromatic N) is 1. The van der Waals surface area contributed by atoms with Gasteiger partial charge in [0, 0.05) is 0 Å². The molecule has 22 heavy (non-hydrogen) atoms. The summed E-state index contributed by atoms with van der Waals surface area (Å²) in [6, 6.07) is 11.4. The van der Waals surface area contributed by atoms with Crippen molar-refractivity contribution >= 4 is 12.1 Å². The Labute approximate surface area is 128 Å². The number of rotatable bonds is 5. The zero-order valence-corrected chi connectivity index (χ0v) is 12.5. The topological polar surface area (TPSA) is 50.7 Å². The summed E-state index contributed by atoms with van der Waals surface area (Å²) in [5.74, 6) is -0.0414. The average molecular weight is 300 g/mol. The van der Waals surface area contributed by atoms with Crippen LogP contribution in [-0.4, -0.2) is 18.7 Å². The van der Waals surface area contributed by atoms with Crippen LogP contribution >= 0.6 is 0 Å². The van der Waals surface area contributed by atoms with Crippen LogP contribution in [-0.2, 0) is 4.79 Å². The Morgan fingerprint density at radius 2 is 1.91 bits per heavy atom. The molecule has 0 aliphatic carbocycles. The third kappa shape index (κ3) is 4.70. The number of ether oxygens (including phenoxy) is 1. The van der Waals surface area contributed by atoms with E-state index in [0.29, 0.717) is 11.3 Å². The highest BCUT2D eigenvalue weighted by molar-refractivity contribution is 5.82. The molecule has 2 aromatic carbocycles. The molecule has 0 aliphatic heterocycles. The Bertz CT molecular complexity index is 682. The molecule has 2 aromatic rings. The highest BCUT2D eigenvalue weighted by Crippen LogP contribution is 2.16. The average Bonchev–Trinajstić information content (AvgIpc) is 2.50. The molecule has 0 fully saturated rings. The molecule has 0 saturated carbocycles. The summed E-state index contributed by atoms with van der Waals surface area (Å²) in [6.45, 7) is 3.87. The molecule has 0 unspecified atom stereocenters. The smallest absolute Gasteiger partial charge is 0.277 e. The van der Waals surface area contributed by atoms with Gasteiger partial charge in [-0.25, -0.2) is 9.82 Å². The minimum atomic E-state index is -0.364.